The Morgan fingerprint density at radius 1 is 0.920 bits per heavy atom. The maximum absolute atomic E-state index is 9.90. The van der Waals surface area contributed by atoms with Crippen LogP contribution in [0.25, 0.3) is 21.8 Å². The first-order valence-electron chi connectivity index (χ1n) is 7.73. The summed E-state index contributed by atoms with van der Waals surface area (Å²) in [5, 5.41) is 15.9. The first kappa shape index (κ1) is 14.9. The first-order valence-corrected chi connectivity index (χ1v) is 7.73. The van der Waals surface area contributed by atoms with E-state index in [-0.39, 0.29) is 5.75 Å². The Hall–Kier alpha value is -3.67. The molecule has 122 valence electrons. The van der Waals surface area contributed by atoms with Crippen molar-refractivity contribution < 1.29 is 5.11 Å². The summed E-state index contributed by atoms with van der Waals surface area (Å²) >= 11 is 0. The molecule has 2 heterocycles. The van der Waals surface area contributed by atoms with Gasteiger partial charge in [-0.15, -0.1) is 0 Å². The molecule has 0 fully saturated rings. The minimum atomic E-state index is 0.140. The van der Waals surface area contributed by atoms with Gasteiger partial charge in [0.25, 0.3) is 0 Å². The summed E-state index contributed by atoms with van der Waals surface area (Å²) < 4.78 is 0. The van der Waals surface area contributed by atoms with Crippen molar-refractivity contribution in [1.29, 1.82) is 0 Å². The highest BCUT2D eigenvalue weighted by Crippen LogP contribution is 2.27. The van der Waals surface area contributed by atoms with E-state index in [9.17, 15) is 5.11 Å². The van der Waals surface area contributed by atoms with Crippen molar-refractivity contribution in [3.63, 3.8) is 0 Å². The zero-order chi connectivity index (χ0) is 17.2. The third-order valence-corrected chi connectivity index (χ3v) is 3.97. The number of aromatic nitrogens is 2. The predicted molar refractivity (Wildman–Crippen MR) is 101 cm³/mol. The van der Waals surface area contributed by atoms with Crippen molar-refractivity contribution in [2.75, 3.05) is 11.2 Å². The summed E-state index contributed by atoms with van der Waals surface area (Å²) in [6.07, 6.45) is 5.06. The molecule has 0 bridgehead atoms. The van der Waals surface area contributed by atoms with Crippen LogP contribution in [0.4, 0.5) is 11.4 Å². The van der Waals surface area contributed by atoms with Crippen molar-refractivity contribution in [1.82, 2.24) is 9.97 Å². The average Bonchev–Trinajstić information content (AvgIpc) is 2.64. The molecule has 0 spiro atoms. The number of anilines is 2. The third kappa shape index (κ3) is 2.70. The van der Waals surface area contributed by atoms with Gasteiger partial charge in [0.05, 0.1) is 23.1 Å². The van der Waals surface area contributed by atoms with E-state index in [1.54, 1.807) is 30.7 Å². The molecule has 0 aliphatic carbocycles. The van der Waals surface area contributed by atoms with Crippen LogP contribution in [0.1, 0.15) is 5.56 Å². The molecule has 25 heavy (non-hydrogen) atoms. The largest absolute Gasteiger partial charge is 0.506 e. The number of nitrogens with one attached hydrogen (secondary N) is 1. The van der Waals surface area contributed by atoms with E-state index >= 15 is 0 Å². The van der Waals surface area contributed by atoms with Crippen LogP contribution in [-0.2, 0) is 0 Å². The fourth-order valence-electron chi connectivity index (χ4n) is 2.76. The predicted octanol–water partition coefficient (Wildman–Crippen LogP) is 3.52. The van der Waals surface area contributed by atoms with E-state index in [1.165, 1.54) is 0 Å². The van der Waals surface area contributed by atoms with Gasteiger partial charge in [-0.25, -0.2) is 0 Å². The minimum Gasteiger partial charge on any atom is -0.506 e. The van der Waals surface area contributed by atoms with E-state index < -0.39 is 0 Å². The quantitative estimate of drug-likeness (QED) is 0.303. The molecule has 4 aromatic rings. The van der Waals surface area contributed by atoms with Gasteiger partial charge in [-0.3, -0.25) is 15.4 Å². The summed E-state index contributed by atoms with van der Waals surface area (Å²) in [6.45, 7) is 0. The lowest BCUT2D eigenvalue weighted by atomic mass is 10.1. The summed E-state index contributed by atoms with van der Waals surface area (Å²) in [4.78, 5) is 8.51. The zero-order valence-corrected chi connectivity index (χ0v) is 13.2. The number of pyridine rings is 2. The van der Waals surface area contributed by atoms with Crippen LogP contribution < -0.4 is 11.2 Å². The van der Waals surface area contributed by atoms with Crippen molar-refractivity contribution in [2.45, 2.75) is 0 Å². The topological polar surface area (TPSA) is 96.4 Å². The fraction of sp³-hybridized carbons (Fsp3) is 0. The lowest BCUT2D eigenvalue weighted by Gasteiger charge is -2.07. The lowest BCUT2D eigenvalue weighted by molar-refractivity contribution is 0.480. The van der Waals surface area contributed by atoms with E-state index in [0.29, 0.717) is 11.2 Å². The molecule has 6 heteroatoms. The van der Waals surface area contributed by atoms with Gasteiger partial charge in [0.1, 0.15) is 11.3 Å². The molecule has 0 aliphatic rings. The highest BCUT2D eigenvalue weighted by atomic mass is 16.3. The van der Waals surface area contributed by atoms with Crippen LogP contribution in [0.2, 0.25) is 0 Å². The highest BCUT2D eigenvalue weighted by Gasteiger charge is 2.05. The number of aromatic hydroxyl groups is 1. The molecular formula is C19H15N5O. The second-order valence-corrected chi connectivity index (χ2v) is 5.55. The summed E-state index contributed by atoms with van der Waals surface area (Å²) in [5.74, 6) is 0.140. The highest BCUT2D eigenvalue weighted by molar-refractivity contribution is 6.03. The summed E-state index contributed by atoms with van der Waals surface area (Å²) in [5.41, 5.74) is 12.6. The Bertz CT molecular complexity index is 1110. The number of nitrogens with two attached hydrogens (primary N) is 1. The Morgan fingerprint density at radius 3 is 2.68 bits per heavy atom. The third-order valence-electron chi connectivity index (χ3n) is 3.97. The van der Waals surface area contributed by atoms with Gasteiger partial charge >= 0.3 is 0 Å². The number of hydrogen-bond acceptors (Lipinski definition) is 6. The molecule has 0 amide bonds. The van der Waals surface area contributed by atoms with E-state index in [2.05, 4.69) is 20.5 Å². The van der Waals surface area contributed by atoms with Gasteiger partial charge in [0.15, 0.2) is 0 Å². The van der Waals surface area contributed by atoms with Crippen LogP contribution in [0.15, 0.2) is 66.0 Å². The molecular weight excluding hydrogens is 314 g/mol. The van der Waals surface area contributed by atoms with Gasteiger partial charge in [-0.05, 0) is 24.3 Å². The van der Waals surface area contributed by atoms with Gasteiger partial charge in [0.2, 0.25) is 0 Å². The molecule has 0 saturated heterocycles. The number of fused-ring (bicyclic) bond motifs is 2. The van der Waals surface area contributed by atoms with Crippen LogP contribution >= 0.6 is 0 Å². The van der Waals surface area contributed by atoms with Gasteiger partial charge in [-0.2, -0.15) is 5.10 Å². The van der Waals surface area contributed by atoms with Crippen molar-refractivity contribution in [2.24, 2.45) is 5.10 Å². The number of hydrogen-bond donors (Lipinski definition) is 3. The molecule has 2 aromatic carbocycles. The standard InChI is InChI=1S/C19H15N5O/c20-15-7-6-12(13-4-2-9-21-18(13)15)11-23-24-16-8-10-22-19-14(16)3-1-5-17(19)25/h1-11,25H,20H2,(H,22,24)/b23-11+. The zero-order valence-electron chi connectivity index (χ0n) is 13.2. The number of phenolic OH excluding ortho intramolecular Hbond substituents is 1. The number of para-hydroxylation sites is 1. The normalized spacial score (nSPS) is 11.4. The number of hydrazone groups is 1. The molecule has 4 N–H and O–H groups in total. The van der Waals surface area contributed by atoms with Crippen LogP contribution in [-0.4, -0.2) is 21.3 Å². The van der Waals surface area contributed by atoms with E-state index in [0.717, 1.165) is 27.5 Å². The van der Waals surface area contributed by atoms with Gasteiger partial charge < -0.3 is 10.8 Å². The molecule has 0 atom stereocenters. The smallest absolute Gasteiger partial charge is 0.141 e. The molecule has 0 radical (unpaired) electrons. The number of rotatable bonds is 3. The number of benzene rings is 2. The van der Waals surface area contributed by atoms with Crippen LogP contribution in [0, 0.1) is 0 Å². The van der Waals surface area contributed by atoms with Crippen molar-refractivity contribution >= 4 is 39.4 Å². The number of phenols is 1. The van der Waals surface area contributed by atoms with Crippen molar-refractivity contribution in [3.05, 3.63) is 66.5 Å². The average molecular weight is 329 g/mol. The van der Waals surface area contributed by atoms with E-state index in [1.807, 2.05) is 36.4 Å². The Labute approximate surface area is 143 Å². The summed E-state index contributed by atoms with van der Waals surface area (Å²) in [7, 11) is 0. The number of nitrogen functional groups attached to an aromatic ring is 1. The first-order chi connectivity index (χ1) is 12.2. The molecule has 4 rings (SSSR count). The van der Waals surface area contributed by atoms with Crippen molar-refractivity contribution in [3.8, 4) is 5.75 Å². The lowest BCUT2D eigenvalue weighted by Crippen LogP contribution is -1.96. The van der Waals surface area contributed by atoms with Gasteiger partial charge in [-0.1, -0.05) is 24.3 Å². The molecule has 0 saturated carbocycles. The summed E-state index contributed by atoms with van der Waals surface area (Å²) in [6, 6.07) is 14.6. The van der Waals surface area contributed by atoms with Crippen LogP contribution in [0.3, 0.4) is 0 Å². The van der Waals surface area contributed by atoms with Gasteiger partial charge in [0, 0.05) is 28.7 Å². The second-order valence-electron chi connectivity index (χ2n) is 5.55. The van der Waals surface area contributed by atoms with E-state index in [4.69, 9.17) is 5.73 Å². The molecule has 6 nitrogen and oxygen atoms in total. The molecule has 0 aliphatic heterocycles. The second kappa shape index (κ2) is 6.09. The van der Waals surface area contributed by atoms with Crippen LogP contribution in [0.5, 0.6) is 5.75 Å². The molecule has 0 unspecified atom stereocenters. The Morgan fingerprint density at radius 2 is 1.76 bits per heavy atom. The monoisotopic (exact) mass is 329 g/mol. The maximum atomic E-state index is 9.90. The SMILES string of the molecule is Nc1ccc(/C=N/Nc2ccnc3c(O)cccc23)c2cccnc12. The fourth-order valence-corrected chi connectivity index (χ4v) is 2.76. The minimum absolute atomic E-state index is 0.140. The Balaban J connectivity index is 1.69. The maximum Gasteiger partial charge on any atom is 0.141 e. The molecule has 2 aromatic heterocycles. The Kier molecular flexibility index (Phi) is 3.63. The number of nitrogens with zero attached hydrogens (tertiary/aromatic N) is 3.